The number of carboxylic acid groups (broad SMARTS) is 1. The smallest absolute Gasteiger partial charge is 0.305 e. The van der Waals surface area contributed by atoms with Gasteiger partial charge in [-0.05, 0) is 80.8 Å². The third kappa shape index (κ3) is 23.0. The summed E-state index contributed by atoms with van der Waals surface area (Å²) in [6.45, 7) is 4.37. The zero-order valence-corrected chi connectivity index (χ0v) is 42.7. The number of hydrogen-bond donors (Lipinski definition) is 17. The second-order valence-corrected chi connectivity index (χ2v) is 18.1. The van der Waals surface area contributed by atoms with Gasteiger partial charge in [-0.25, -0.2) is 0 Å². The summed E-state index contributed by atoms with van der Waals surface area (Å²) in [5, 5.41) is 68.7. The number of nitrogens with two attached hydrogens (primary N) is 4. The zero-order valence-electron chi connectivity index (χ0n) is 42.7. The first-order valence-corrected chi connectivity index (χ1v) is 24.3. The Bertz CT molecular complexity index is 2330. The van der Waals surface area contributed by atoms with Crippen molar-refractivity contribution < 1.29 is 73.5 Å². The highest BCUT2D eigenvalue weighted by atomic mass is 16.4. The normalized spacial score (nSPS) is 14.9. The van der Waals surface area contributed by atoms with Crippen molar-refractivity contribution in [1.82, 2.24) is 42.5 Å². The number of rotatable bonds is 33. The molecule has 9 amide bonds. The number of phenolic OH excluding ortho intramolecular Hbond substituents is 2. The number of hydrogen-bond acceptors (Lipinski definition) is 16. The molecule has 0 bridgehead atoms. The second kappa shape index (κ2) is 32.3. The molecule has 2 aromatic rings. The lowest BCUT2D eigenvalue weighted by molar-refractivity contribution is -0.141. The lowest BCUT2D eigenvalue weighted by atomic mass is 9.96. The molecule has 0 aromatic heterocycles. The standard InChI is InChI=1S/C48H73N13O15/c1-5-24(2)39(61-45(74)35(21-38(67)68)58-43(72)33(16-17-37(50)66)56-40(69)25(3)49)47(76)59-34(20-28-10-14-31(65)15-11-28)44(73)57-32(7-6-18-53-48(51)52)42(71)54-26(4)41(70)60-36(23-63)46(75)55-29(22-62)19-27-8-12-30(64)13-9-27/h8-15,24-26,29,32-36,39,62-65H,5-7,16-23,49H2,1-4H3,(H2,50,66)(H,54,71)(H,55,75)(H,56,69)(H,57,73)(H,58,72)(H,59,76)(H,60,70)(H,61,74)(H,67,68)(H4,51,52,53)/t24-,25-,26-,29-,32-,33-,34-,35-,36-,39-/m0/s1. The number of aliphatic hydroxyl groups excluding tert-OH is 2. The highest BCUT2D eigenvalue weighted by Gasteiger charge is 2.36. The molecule has 0 radical (unpaired) electrons. The minimum absolute atomic E-state index is 0.00558. The molecule has 0 saturated heterocycles. The zero-order chi connectivity index (χ0) is 57.2. The van der Waals surface area contributed by atoms with Gasteiger partial charge in [-0.2, -0.15) is 0 Å². The molecular weight excluding hydrogens is 999 g/mol. The first-order chi connectivity index (χ1) is 35.8. The van der Waals surface area contributed by atoms with Crippen LogP contribution in [0.3, 0.4) is 0 Å². The predicted molar refractivity (Wildman–Crippen MR) is 273 cm³/mol. The van der Waals surface area contributed by atoms with E-state index in [4.69, 9.17) is 22.9 Å². The number of aliphatic hydroxyl groups is 2. The van der Waals surface area contributed by atoms with Crippen molar-refractivity contribution >= 4 is 65.1 Å². The molecular formula is C48H73N13O15. The van der Waals surface area contributed by atoms with Gasteiger partial charge in [0, 0.05) is 19.4 Å². The topological polar surface area (TPSA) is 485 Å². The fourth-order valence-corrected chi connectivity index (χ4v) is 7.10. The minimum atomic E-state index is -1.86. The van der Waals surface area contributed by atoms with Crippen LogP contribution in [-0.2, 0) is 60.8 Å². The predicted octanol–water partition coefficient (Wildman–Crippen LogP) is -5.05. The Hall–Kier alpha value is -8.11. The molecule has 0 aliphatic carbocycles. The second-order valence-electron chi connectivity index (χ2n) is 18.1. The van der Waals surface area contributed by atoms with Gasteiger partial charge in [-0.15, -0.1) is 0 Å². The molecule has 28 nitrogen and oxygen atoms in total. The monoisotopic (exact) mass is 1070 g/mol. The fourth-order valence-electron chi connectivity index (χ4n) is 7.10. The Labute approximate surface area is 438 Å². The van der Waals surface area contributed by atoms with Gasteiger partial charge in [0.15, 0.2) is 5.96 Å². The fraction of sp³-hybridized carbons (Fsp3) is 0.521. The highest BCUT2D eigenvalue weighted by molar-refractivity contribution is 5.98. The number of nitrogens with one attached hydrogen (secondary N) is 8. The number of carbonyl (C=O) groups excluding carboxylic acids is 9. The van der Waals surface area contributed by atoms with Crippen LogP contribution in [-0.4, -0.2) is 165 Å². The van der Waals surface area contributed by atoms with Crippen LogP contribution in [0.5, 0.6) is 11.5 Å². The minimum Gasteiger partial charge on any atom is -0.508 e. The molecule has 21 N–H and O–H groups in total. The van der Waals surface area contributed by atoms with Crippen LogP contribution in [0.15, 0.2) is 53.5 Å². The average molecular weight is 1070 g/mol. The summed E-state index contributed by atoms with van der Waals surface area (Å²) >= 11 is 0. The van der Waals surface area contributed by atoms with E-state index in [0.29, 0.717) is 11.1 Å². The van der Waals surface area contributed by atoms with E-state index in [1.165, 1.54) is 50.2 Å². The number of benzene rings is 2. The Morgan fingerprint density at radius 1 is 0.553 bits per heavy atom. The summed E-state index contributed by atoms with van der Waals surface area (Å²) in [6.07, 6.45) is -1.77. The van der Waals surface area contributed by atoms with Crippen molar-refractivity contribution in [2.75, 3.05) is 19.8 Å². The number of carboxylic acids is 1. The van der Waals surface area contributed by atoms with E-state index in [9.17, 15) is 73.5 Å². The Balaban J connectivity index is 2.42. The van der Waals surface area contributed by atoms with Gasteiger partial charge in [0.1, 0.15) is 53.8 Å². The van der Waals surface area contributed by atoms with E-state index in [2.05, 4.69) is 47.5 Å². The van der Waals surface area contributed by atoms with E-state index in [-0.39, 0.29) is 62.5 Å². The summed E-state index contributed by atoms with van der Waals surface area (Å²) in [5.74, 6) is -11.2. The first kappa shape index (κ1) is 64.0. The highest BCUT2D eigenvalue weighted by Crippen LogP contribution is 2.15. The number of aliphatic imine (C=N–C) groups is 1. The first-order valence-electron chi connectivity index (χ1n) is 24.3. The molecule has 420 valence electrons. The maximum atomic E-state index is 14.4. The van der Waals surface area contributed by atoms with Crippen LogP contribution in [0.25, 0.3) is 0 Å². The molecule has 0 saturated carbocycles. The number of carbonyl (C=O) groups is 10. The van der Waals surface area contributed by atoms with Crippen molar-refractivity contribution in [2.45, 2.75) is 133 Å². The van der Waals surface area contributed by atoms with E-state index in [1.807, 2.05) is 0 Å². The summed E-state index contributed by atoms with van der Waals surface area (Å²) in [5.41, 5.74) is 22.8. The number of amides is 9. The van der Waals surface area contributed by atoms with E-state index >= 15 is 0 Å². The van der Waals surface area contributed by atoms with Gasteiger partial charge >= 0.3 is 5.97 Å². The van der Waals surface area contributed by atoms with Crippen LogP contribution in [0.2, 0.25) is 0 Å². The number of phenols is 2. The molecule has 76 heavy (non-hydrogen) atoms. The van der Waals surface area contributed by atoms with Gasteiger partial charge in [-0.3, -0.25) is 52.9 Å². The van der Waals surface area contributed by atoms with Crippen LogP contribution in [0.4, 0.5) is 0 Å². The van der Waals surface area contributed by atoms with Gasteiger partial charge < -0.3 is 91.0 Å². The Morgan fingerprint density at radius 2 is 1.03 bits per heavy atom. The Morgan fingerprint density at radius 3 is 1.54 bits per heavy atom. The number of primary amides is 1. The van der Waals surface area contributed by atoms with Gasteiger partial charge in [0.25, 0.3) is 0 Å². The third-order valence-corrected chi connectivity index (χ3v) is 11.7. The van der Waals surface area contributed by atoms with Crippen LogP contribution < -0.4 is 65.5 Å². The Kier molecular flexibility index (Phi) is 27.2. The van der Waals surface area contributed by atoms with Crippen molar-refractivity contribution in [3.8, 4) is 11.5 Å². The number of aliphatic carboxylic acids is 1. The summed E-state index contributed by atoms with van der Waals surface area (Å²) in [7, 11) is 0. The van der Waals surface area contributed by atoms with Crippen LogP contribution in [0, 0.1) is 5.92 Å². The van der Waals surface area contributed by atoms with Crippen LogP contribution >= 0.6 is 0 Å². The van der Waals surface area contributed by atoms with Crippen molar-refractivity contribution in [3.05, 3.63) is 59.7 Å². The molecule has 28 heteroatoms. The van der Waals surface area contributed by atoms with Crippen LogP contribution in [0.1, 0.15) is 77.3 Å². The molecule has 0 aliphatic rings. The van der Waals surface area contributed by atoms with Gasteiger partial charge in [-0.1, -0.05) is 44.5 Å². The van der Waals surface area contributed by atoms with Crippen molar-refractivity contribution in [1.29, 1.82) is 0 Å². The van der Waals surface area contributed by atoms with Gasteiger partial charge in [0.2, 0.25) is 53.2 Å². The third-order valence-electron chi connectivity index (χ3n) is 11.7. The number of nitrogens with zero attached hydrogens (tertiary/aromatic N) is 1. The lowest BCUT2D eigenvalue weighted by Gasteiger charge is -2.29. The number of guanidine groups is 1. The molecule has 10 atom stereocenters. The van der Waals surface area contributed by atoms with E-state index < -0.39 is 145 Å². The largest absolute Gasteiger partial charge is 0.508 e. The quantitative estimate of drug-likeness (QED) is 0.0181. The molecule has 0 unspecified atom stereocenters. The molecule has 2 aromatic carbocycles. The lowest BCUT2D eigenvalue weighted by Crippen LogP contribution is -2.61. The van der Waals surface area contributed by atoms with Gasteiger partial charge in [0.05, 0.1) is 31.7 Å². The number of aromatic hydroxyl groups is 2. The molecule has 0 spiro atoms. The van der Waals surface area contributed by atoms with E-state index in [1.54, 1.807) is 26.0 Å². The summed E-state index contributed by atoms with van der Waals surface area (Å²) in [6, 6.07) is -1.29. The average Bonchev–Trinajstić information content (AvgIpc) is 3.36. The molecule has 0 fully saturated rings. The van der Waals surface area contributed by atoms with Crippen molar-refractivity contribution in [2.24, 2.45) is 33.8 Å². The van der Waals surface area contributed by atoms with E-state index in [0.717, 1.165) is 0 Å². The van der Waals surface area contributed by atoms with Crippen molar-refractivity contribution in [3.63, 3.8) is 0 Å². The summed E-state index contributed by atoms with van der Waals surface area (Å²) in [4.78, 5) is 136. The maximum absolute atomic E-state index is 14.4. The summed E-state index contributed by atoms with van der Waals surface area (Å²) < 4.78 is 0. The molecule has 0 heterocycles. The SMILES string of the molecule is CC[C@H](C)[C@H](NC(=O)[C@H](CC(=O)O)NC(=O)[C@H](CCC(N)=O)NC(=O)[C@H](C)N)C(=O)N[C@@H](Cc1ccc(O)cc1)C(=O)N[C@@H](CCCN=C(N)N)C(=O)N[C@@H](C)C(=O)N[C@@H](CO)C(=O)N[C@H](CO)Cc1ccc(O)cc1. The molecule has 0 aliphatic heterocycles. The maximum Gasteiger partial charge on any atom is 0.305 e. The molecule has 2 rings (SSSR count).